The van der Waals surface area contributed by atoms with E-state index in [4.69, 9.17) is 6.57 Å². The number of sulfonamides is 1. The van der Waals surface area contributed by atoms with Crippen molar-refractivity contribution in [3.05, 3.63) is 84.1 Å². The van der Waals surface area contributed by atoms with E-state index in [1.807, 2.05) is 19.3 Å². The van der Waals surface area contributed by atoms with Gasteiger partial charge in [0, 0.05) is 48.0 Å². The molecule has 0 saturated carbocycles. The summed E-state index contributed by atoms with van der Waals surface area (Å²) in [6.07, 6.45) is 6.60. The summed E-state index contributed by atoms with van der Waals surface area (Å²) in [6, 6.07) is 15.3. The second kappa shape index (κ2) is 8.50. The SMILES string of the molecule is [C-]#[N+]c1cccc(CS(=O)(=O)N2CC(Cn3ccc4cc(-c5cn[nH]c5)ccc43)CC2C)c1. The van der Waals surface area contributed by atoms with Crippen LogP contribution in [0.2, 0.25) is 0 Å². The number of nitrogens with zero attached hydrogens (tertiary/aromatic N) is 4. The molecule has 1 aliphatic heterocycles. The Kier molecular flexibility index (Phi) is 5.52. The summed E-state index contributed by atoms with van der Waals surface area (Å²) in [5.41, 5.74) is 4.43. The molecule has 8 heteroatoms. The number of nitrogens with one attached hydrogen (secondary N) is 1. The third kappa shape index (κ3) is 4.30. The topological polar surface area (TPSA) is 75.3 Å². The minimum Gasteiger partial charge on any atom is -0.347 e. The number of aromatic nitrogens is 3. The quantitative estimate of drug-likeness (QED) is 0.420. The highest BCUT2D eigenvalue weighted by molar-refractivity contribution is 7.88. The zero-order chi connectivity index (χ0) is 23.0. The first-order chi connectivity index (χ1) is 15.9. The first-order valence-corrected chi connectivity index (χ1v) is 12.6. The average molecular weight is 460 g/mol. The van der Waals surface area contributed by atoms with Crippen molar-refractivity contribution >= 4 is 26.6 Å². The monoisotopic (exact) mass is 459 g/mol. The second-order valence-corrected chi connectivity index (χ2v) is 10.7. The van der Waals surface area contributed by atoms with Gasteiger partial charge in [0.05, 0.1) is 18.5 Å². The molecule has 0 amide bonds. The first kappa shape index (κ1) is 21.4. The molecule has 7 nitrogen and oxygen atoms in total. The molecule has 168 valence electrons. The van der Waals surface area contributed by atoms with Gasteiger partial charge in [0.15, 0.2) is 5.69 Å². The van der Waals surface area contributed by atoms with Gasteiger partial charge in [0.1, 0.15) is 0 Å². The van der Waals surface area contributed by atoms with Crippen molar-refractivity contribution in [1.82, 2.24) is 19.1 Å². The fourth-order valence-corrected chi connectivity index (χ4v) is 6.70. The van der Waals surface area contributed by atoms with E-state index in [0.717, 1.165) is 35.0 Å². The van der Waals surface area contributed by atoms with Crippen molar-refractivity contribution < 1.29 is 8.42 Å². The van der Waals surface area contributed by atoms with Crippen LogP contribution in [0.5, 0.6) is 0 Å². The Labute approximate surface area is 193 Å². The van der Waals surface area contributed by atoms with Gasteiger partial charge >= 0.3 is 0 Å². The van der Waals surface area contributed by atoms with Crippen LogP contribution in [0.1, 0.15) is 18.9 Å². The first-order valence-electron chi connectivity index (χ1n) is 11.0. The Morgan fingerprint density at radius 2 is 2.06 bits per heavy atom. The highest BCUT2D eigenvalue weighted by Crippen LogP contribution is 2.31. The Morgan fingerprint density at radius 3 is 2.85 bits per heavy atom. The molecule has 0 aliphatic carbocycles. The van der Waals surface area contributed by atoms with Crippen LogP contribution in [-0.2, 0) is 22.3 Å². The lowest BCUT2D eigenvalue weighted by Crippen LogP contribution is -2.35. The summed E-state index contributed by atoms with van der Waals surface area (Å²) in [4.78, 5) is 3.41. The molecule has 1 saturated heterocycles. The summed E-state index contributed by atoms with van der Waals surface area (Å²) >= 11 is 0. The van der Waals surface area contributed by atoms with Crippen LogP contribution in [0, 0.1) is 12.5 Å². The predicted molar refractivity (Wildman–Crippen MR) is 129 cm³/mol. The molecule has 2 aromatic carbocycles. The van der Waals surface area contributed by atoms with Gasteiger partial charge in [-0.15, -0.1) is 0 Å². The van der Waals surface area contributed by atoms with Gasteiger partial charge in [0.25, 0.3) is 0 Å². The molecule has 5 rings (SSSR count). The molecule has 33 heavy (non-hydrogen) atoms. The third-order valence-corrected chi connectivity index (χ3v) is 8.33. The van der Waals surface area contributed by atoms with Gasteiger partial charge in [-0.1, -0.05) is 30.3 Å². The second-order valence-electron chi connectivity index (χ2n) is 8.79. The minimum absolute atomic E-state index is 0.0430. The third-order valence-electron chi connectivity index (χ3n) is 6.41. The summed E-state index contributed by atoms with van der Waals surface area (Å²) < 4.78 is 30.2. The van der Waals surface area contributed by atoms with E-state index < -0.39 is 10.0 Å². The Hall–Kier alpha value is -3.41. The van der Waals surface area contributed by atoms with E-state index in [-0.39, 0.29) is 17.7 Å². The van der Waals surface area contributed by atoms with Crippen molar-refractivity contribution in [3.8, 4) is 11.1 Å². The van der Waals surface area contributed by atoms with Gasteiger partial charge in [0.2, 0.25) is 10.0 Å². The van der Waals surface area contributed by atoms with Crippen molar-refractivity contribution in [3.63, 3.8) is 0 Å². The van der Waals surface area contributed by atoms with Crippen LogP contribution < -0.4 is 0 Å². The molecule has 0 spiro atoms. The van der Waals surface area contributed by atoms with Gasteiger partial charge in [-0.05, 0) is 48.6 Å². The fraction of sp³-hybridized carbons (Fsp3) is 0.280. The highest BCUT2D eigenvalue weighted by atomic mass is 32.2. The normalized spacial score (nSPS) is 19.2. The van der Waals surface area contributed by atoms with E-state index in [0.29, 0.717) is 17.8 Å². The maximum absolute atomic E-state index is 13.2. The maximum atomic E-state index is 13.2. The molecule has 2 unspecified atom stereocenters. The van der Waals surface area contributed by atoms with Crippen LogP contribution >= 0.6 is 0 Å². The Morgan fingerprint density at radius 1 is 1.18 bits per heavy atom. The average Bonchev–Trinajstić information content (AvgIpc) is 3.54. The zero-order valence-electron chi connectivity index (χ0n) is 18.3. The Bertz CT molecular complexity index is 1430. The molecule has 1 fully saturated rings. The van der Waals surface area contributed by atoms with Crippen molar-refractivity contribution in [1.29, 1.82) is 0 Å². The largest absolute Gasteiger partial charge is 0.347 e. The van der Waals surface area contributed by atoms with E-state index >= 15 is 0 Å². The molecular formula is C25H25N5O2S. The van der Waals surface area contributed by atoms with Gasteiger partial charge < -0.3 is 4.57 Å². The molecule has 4 aromatic rings. The zero-order valence-corrected chi connectivity index (χ0v) is 19.2. The van der Waals surface area contributed by atoms with Crippen molar-refractivity contribution in [2.75, 3.05) is 6.54 Å². The predicted octanol–water partition coefficient (Wildman–Crippen LogP) is 4.82. The maximum Gasteiger partial charge on any atom is 0.218 e. The number of benzene rings is 2. The number of H-pyrrole nitrogens is 1. The molecule has 0 bridgehead atoms. The van der Waals surface area contributed by atoms with E-state index in [9.17, 15) is 8.42 Å². The van der Waals surface area contributed by atoms with E-state index in [1.165, 1.54) is 0 Å². The van der Waals surface area contributed by atoms with Gasteiger partial charge in [-0.3, -0.25) is 5.10 Å². The number of fused-ring (bicyclic) bond motifs is 1. The summed E-state index contributed by atoms with van der Waals surface area (Å²) in [7, 11) is -3.46. The van der Waals surface area contributed by atoms with Crippen molar-refractivity contribution in [2.45, 2.75) is 31.7 Å². The lowest BCUT2D eigenvalue weighted by atomic mass is 10.1. The minimum atomic E-state index is -3.46. The lowest BCUT2D eigenvalue weighted by Gasteiger charge is -2.21. The lowest BCUT2D eigenvalue weighted by molar-refractivity contribution is 0.399. The van der Waals surface area contributed by atoms with Crippen LogP contribution in [0.15, 0.2) is 67.1 Å². The van der Waals surface area contributed by atoms with Crippen LogP contribution in [0.4, 0.5) is 5.69 Å². The number of rotatable bonds is 6. The summed E-state index contributed by atoms with van der Waals surface area (Å²) in [5.74, 6) is 0.171. The highest BCUT2D eigenvalue weighted by Gasteiger charge is 2.37. The van der Waals surface area contributed by atoms with Crippen molar-refractivity contribution in [2.24, 2.45) is 5.92 Å². The van der Waals surface area contributed by atoms with E-state index in [1.54, 1.807) is 28.6 Å². The molecule has 2 aromatic heterocycles. The smallest absolute Gasteiger partial charge is 0.218 e. The number of hydrogen-bond acceptors (Lipinski definition) is 3. The van der Waals surface area contributed by atoms with Gasteiger partial charge in [-0.25, -0.2) is 13.3 Å². The Balaban J connectivity index is 1.31. The van der Waals surface area contributed by atoms with Crippen LogP contribution in [-0.4, -0.2) is 40.1 Å². The number of hydrogen-bond donors (Lipinski definition) is 1. The standard InChI is InChI=1S/C25H25N5O2S/c1-18-10-20(16-30(18)33(31,32)17-19-4-3-5-24(11-19)26-2)15-29-9-8-22-12-21(6-7-25(22)29)23-13-27-28-14-23/h3-9,11-14,18,20H,10,15-17H2,1H3,(H,27,28). The summed E-state index contributed by atoms with van der Waals surface area (Å²) in [5, 5.41) is 8.03. The molecule has 3 heterocycles. The van der Waals surface area contributed by atoms with Crippen LogP contribution in [0.25, 0.3) is 26.9 Å². The fourth-order valence-electron chi connectivity index (χ4n) is 4.86. The van der Waals surface area contributed by atoms with Crippen LogP contribution in [0.3, 0.4) is 0 Å². The summed E-state index contributed by atoms with van der Waals surface area (Å²) in [6.45, 7) is 10.4. The number of aromatic amines is 1. The van der Waals surface area contributed by atoms with E-state index in [2.05, 4.69) is 50.1 Å². The molecule has 1 N–H and O–H groups in total. The molecule has 0 radical (unpaired) electrons. The molecular weight excluding hydrogens is 434 g/mol. The molecule has 2 atom stereocenters. The van der Waals surface area contributed by atoms with Gasteiger partial charge in [-0.2, -0.15) is 9.40 Å². The molecule has 1 aliphatic rings.